The van der Waals surface area contributed by atoms with Crippen molar-refractivity contribution in [2.45, 2.75) is 19.4 Å². The monoisotopic (exact) mass is 459 g/mol. The van der Waals surface area contributed by atoms with Crippen molar-refractivity contribution in [2.24, 2.45) is 5.92 Å². The number of anilines is 1. The van der Waals surface area contributed by atoms with Gasteiger partial charge >= 0.3 is 0 Å². The topological polar surface area (TPSA) is 71.8 Å². The summed E-state index contributed by atoms with van der Waals surface area (Å²) in [7, 11) is 1.63. The molecule has 4 aromatic rings. The van der Waals surface area contributed by atoms with Crippen molar-refractivity contribution < 1.29 is 13.9 Å². The van der Waals surface area contributed by atoms with Gasteiger partial charge in [-0.2, -0.15) is 5.10 Å². The fourth-order valence-corrected chi connectivity index (χ4v) is 4.37. The van der Waals surface area contributed by atoms with Crippen molar-refractivity contribution in [3.8, 4) is 17.0 Å². The molecule has 1 atom stereocenters. The molecule has 1 N–H and O–H groups in total. The Labute approximate surface area is 197 Å². The highest BCUT2D eigenvalue weighted by Gasteiger charge is 2.27. The molecule has 1 saturated heterocycles. The van der Waals surface area contributed by atoms with Gasteiger partial charge in [0.25, 0.3) is 0 Å². The molecule has 1 amide bonds. The number of piperidine rings is 1. The Morgan fingerprint density at radius 1 is 1.18 bits per heavy atom. The van der Waals surface area contributed by atoms with E-state index in [9.17, 15) is 9.18 Å². The van der Waals surface area contributed by atoms with Gasteiger partial charge in [0.15, 0.2) is 5.82 Å². The number of aromatic nitrogens is 3. The average Bonchev–Trinajstić information content (AvgIpc) is 3.32. The number of hydrogen-bond donors (Lipinski definition) is 1. The van der Waals surface area contributed by atoms with Gasteiger partial charge in [0, 0.05) is 37.6 Å². The second kappa shape index (κ2) is 9.51. The van der Waals surface area contributed by atoms with Crippen LogP contribution in [0.15, 0.2) is 67.0 Å². The van der Waals surface area contributed by atoms with Crippen molar-refractivity contribution in [1.29, 1.82) is 0 Å². The maximum Gasteiger partial charge on any atom is 0.225 e. The fourth-order valence-electron chi connectivity index (χ4n) is 4.37. The summed E-state index contributed by atoms with van der Waals surface area (Å²) >= 11 is 0. The molecule has 2 aromatic heterocycles. The van der Waals surface area contributed by atoms with Crippen molar-refractivity contribution in [3.05, 3.63) is 78.4 Å². The summed E-state index contributed by atoms with van der Waals surface area (Å²) in [5.41, 5.74) is 3.48. The molecule has 5 rings (SSSR count). The Balaban J connectivity index is 1.30. The average molecular weight is 460 g/mol. The normalized spacial score (nSPS) is 15.9. The van der Waals surface area contributed by atoms with E-state index in [1.165, 1.54) is 12.1 Å². The SMILES string of the molecule is COc1ccc(CNC(=O)[C@H]2CCCN(c3nccn4nc(-c5ccc(F)cc5)cc34)C2)cc1. The van der Waals surface area contributed by atoms with Gasteiger partial charge in [-0.25, -0.2) is 13.9 Å². The molecule has 7 nitrogen and oxygen atoms in total. The Hall–Kier alpha value is -3.94. The molecule has 3 heterocycles. The third-order valence-corrected chi connectivity index (χ3v) is 6.23. The Morgan fingerprint density at radius 3 is 2.74 bits per heavy atom. The number of rotatable bonds is 6. The summed E-state index contributed by atoms with van der Waals surface area (Å²) in [5, 5.41) is 7.71. The summed E-state index contributed by atoms with van der Waals surface area (Å²) in [6.07, 6.45) is 5.27. The lowest BCUT2D eigenvalue weighted by molar-refractivity contribution is -0.125. The molecule has 174 valence electrons. The molecule has 0 bridgehead atoms. The number of methoxy groups -OCH3 is 1. The highest BCUT2D eigenvalue weighted by Crippen LogP contribution is 2.28. The van der Waals surface area contributed by atoms with E-state index in [-0.39, 0.29) is 17.6 Å². The van der Waals surface area contributed by atoms with E-state index in [2.05, 4.69) is 20.3 Å². The van der Waals surface area contributed by atoms with E-state index in [0.29, 0.717) is 13.1 Å². The second-order valence-electron chi connectivity index (χ2n) is 8.47. The molecule has 1 aliphatic heterocycles. The van der Waals surface area contributed by atoms with Crippen molar-refractivity contribution in [1.82, 2.24) is 19.9 Å². The highest BCUT2D eigenvalue weighted by atomic mass is 19.1. The molecule has 1 fully saturated rings. The summed E-state index contributed by atoms with van der Waals surface area (Å²) in [4.78, 5) is 19.7. The summed E-state index contributed by atoms with van der Waals surface area (Å²) < 4.78 is 20.3. The van der Waals surface area contributed by atoms with Crippen molar-refractivity contribution in [2.75, 3.05) is 25.1 Å². The van der Waals surface area contributed by atoms with Crippen LogP contribution in [0.2, 0.25) is 0 Å². The molecule has 0 saturated carbocycles. The van der Waals surface area contributed by atoms with Crippen LogP contribution in [-0.2, 0) is 11.3 Å². The number of halogens is 1. The smallest absolute Gasteiger partial charge is 0.225 e. The van der Waals surface area contributed by atoms with Gasteiger partial charge in [-0.1, -0.05) is 12.1 Å². The van der Waals surface area contributed by atoms with Crippen LogP contribution in [0.25, 0.3) is 16.8 Å². The number of nitrogens with one attached hydrogen (secondary N) is 1. The van der Waals surface area contributed by atoms with Crippen molar-refractivity contribution >= 4 is 17.2 Å². The van der Waals surface area contributed by atoms with Crippen molar-refractivity contribution in [3.63, 3.8) is 0 Å². The molecule has 0 aliphatic carbocycles. The molecule has 0 unspecified atom stereocenters. The van der Waals surface area contributed by atoms with Crippen LogP contribution < -0.4 is 15.0 Å². The predicted octanol–water partition coefficient (Wildman–Crippen LogP) is 4.08. The first-order valence-corrected chi connectivity index (χ1v) is 11.4. The molecule has 8 heteroatoms. The lowest BCUT2D eigenvalue weighted by atomic mass is 9.97. The zero-order valence-corrected chi connectivity index (χ0v) is 18.9. The van der Waals surface area contributed by atoms with Crippen LogP contribution in [0.3, 0.4) is 0 Å². The van der Waals surface area contributed by atoms with Gasteiger partial charge in [0.2, 0.25) is 5.91 Å². The number of nitrogens with zero attached hydrogens (tertiary/aromatic N) is 4. The first-order chi connectivity index (χ1) is 16.6. The zero-order chi connectivity index (χ0) is 23.5. The minimum Gasteiger partial charge on any atom is -0.497 e. The largest absolute Gasteiger partial charge is 0.497 e. The van der Waals surface area contributed by atoms with Crippen LogP contribution in [0, 0.1) is 11.7 Å². The predicted molar refractivity (Wildman–Crippen MR) is 128 cm³/mol. The third kappa shape index (κ3) is 4.57. The van der Waals surface area contributed by atoms with Gasteiger partial charge < -0.3 is 15.0 Å². The first kappa shape index (κ1) is 21.9. The lowest BCUT2D eigenvalue weighted by Crippen LogP contribution is -2.43. The first-order valence-electron chi connectivity index (χ1n) is 11.4. The van der Waals surface area contributed by atoms with Gasteiger partial charge in [0.05, 0.1) is 18.7 Å². The Kier molecular flexibility index (Phi) is 6.12. The number of ether oxygens (including phenoxy) is 1. The molecule has 2 aromatic carbocycles. The quantitative estimate of drug-likeness (QED) is 0.471. The second-order valence-corrected chi connectivity index (χ2v) is 8.47. The zero-order valence-electron chi connectivity index (χ0n) is 18.9. The molecular formula is C26H26FN5O2. The van der Waals surface area contributed by atoms with E-state index in [0.717, 1.165) is 53.3 Å². The summed E-state index contributed by atoms with van der Waals surface area (Å²) in [5.74, 6) is 1.25. The van der Waals surface area contributed by atoms with Crippen LogP contribution in [-0.4, -0.2) is 40.7 Å². The van der Waals surface area contributed by atoms with E-state index in [1.54, 1.807) is 36.2 Å². The fraction of sp³-hybridized carbons (Fsp3) is 0.269. The molecule has 34 heavy (non-hydrogen) atoms. The minimum absolute atomic E-state index is 0.0491. The maximum absolute atomic E-state index is 13.3. The maximum atomic E-state index is 13.3. The van der Waals surface area contributed by atoms with Gasteiger partial charge in [-0.3, -0.25) is 4.79 Å². The van der Waals surface area contributed by atoms with E-state index >= 15 is 0 Å². The standard InChI is InChI=1S/C26H26FN5O2/c1-34-22-10-4-18(5-11-22)16-29-26(33)20-3-2-13-31(17-20)25-24-15-23(30-32(24)14-12-28-25)19-6-8-21(27)9-7-19/h4-12,14-15,20H,2-3,13,16-17H2,1H3,(H,29,33)/t20-/m0/s1. The van der Waals surface area contributed by atoms with E-state index < -0.39 is 0 Å². The summed E-state index contributed by atoms with van der Waals surface area (Å²) in [6.45, 7) is 1.90. The molecule has 0 radical (unpaired) electrons. The number of carbonyl (C=O) groups excluding carboxylic acids is 1. The number of benzene rings is 2. The van der Waals surface area contributed by atoms with Crippen LogP contribution in [0.5, 0.6) is 5.75 Å². The van der Waals surface area contributed by atoms with E-state index in [4.69, 9.17) is 4.74 Å². The Bertz CT molecular complexity index is 1290. The lowest BCUT2D eigenvalue weighted by Gasteiger charge is -2.33. The number of amides is 1. The highest BCUT2D eigenvalue weighted by molar-refractivity contribution is 5.81. The molecule has 0 spiro atoms. The molecule has 1 aliphatic rings. The number of hydrogen-bond acceptors (Lipinski definition) is 5. The summed E-state index contributed by atoms with van der Waals surface area (Å²) in [6, 6.07) is 15.9. The van der Waals surface area contributed by atoms with E-state index in [1.807, 2.05) is 30.3 Å². The third-order valence-electron chi connectivity index (χ3n) is 6.23. The van der Waals surface area contributed by atoms with Crippen LogP contribution in [0.1, 0.15) is 18.4 Å². The van der Waals surface area contributed by atoms with Crippen LogP contribution >= 0.6 is 0 Å². The Morgan fingerprint density at radius 2 is 1.97 bits per heavy atom. The number of carbonyl (C=O) groups is 1. The molecular weight excluding hydrogens is 433 g/mol. The van der Waals surface area contributed by atoms with Crippen LogP contribution in [0.4, 0.5) is 10.2 Å². The number of fused-ring (bicyclic) bond motifs is 1. The minimum atomic E-state index is -0.278. The van der Waals surface area contributed by atoms with Gasteiger partial charge in [0.1, 0.15) is 17.1 Å². The van der Waals surface area contributed by atoms with Gasteiger partial charge in [-0.15, -0.1) is 0 Å². The van der Waals surface area contributed by atoms with Gasteiger partial charge in [-0.05, 0) is 60.9 Å².